The monoisotopic (exact) mass is 220 g/mol. The number of nitrogens with zero attached hydrogens (tertiary/aromatic N) is 1. The van der Waals surface area contributed by atoms with E-state index in [1.165, 1.54) is 11.1 Å². The molecule has 1 aromatic carbocycles. The number of fused-ring (bicyclic) bond motifs is 1. The van der Waals surface area contributed by atoms with Gasteiger partial charge in [-0.3, -0.25) is 10.4 Å². The Hall–Kier alpha value is -1.06. The van der Waals surface area contributed by atoms with Crippen LogP contribution in [0.2, 0.25) is 0 Å². The third kappa shape index (κ3) is 2.36. The maximum atomic E-state index is 6.00. The third-order valence-corrected chi connectivity index (χ3v) is 2.76. The van der Waals surface area contributed by atoms with E-state index in [1.54, 1.807) is 0 Å². The molecule has 1 heterocycles. The number of para-hydroxylation sites is 1. The summed E-state index contributed by atoms with van der Waals surface area (Å²) in [6.45, 7) is 5.08. The predicted octanol–water partition coefficient (Wildman–Crippen LogP) is 1.97. The Labute approximate surface area is 97.4 Å². The molecule has 0 atom stereocenters. The molecule has 1 aromatic rings. The van der Waals surface area contributed by atoms with E-state index in [-0.39, 0.29) is 5.60 Å². The van der Waals surface area contributed by atoms with Gasteiger partial charge in [-0.15, -0.1) is 0 Å². The molecule has 1 N–H and O–H groups in total. The van der Waals surface area contributed by atoms with Crippen molar-refractivity contribution >= 4 is 0 Å². The molecule has 0 unspecified atom stereocenters. The number of nitrogens with one attached hydrogen (secondary N) is 1. The van der Waals surface area contributed by atoms with Crippen molar-refractivity contribution in [2.75, 3.05) is 14.1 Å². The van der Waals surface area contributed by atoms with Gasteiger partial charge in [-0.1, -0.05) is 18.2 Å². The lowest BCUT2D eigenvalue weighted by Crippen LogP contribution is -2.30. The van der Waals surface area contributed by atoms with E-state index in [4.69, 9.17) is 4.74 Å². The van der Waals surface area contributed by atoms with Crippen LogP contribution in [0, 0.1) is 0 Å². The summed E-state index contributed by atoms with van der Waals surface area (Å²) in [5.41, 5.74) is 5.77. The highest BCUT2D eigenvalue weighted by molar-refractivity contribution is 5.45. The Morgan fingerprint density at radius 1 is 1.38 bits per heavy atom. The molecule has 1 aliphatic heterocycles. The van der Waals surface area contributed by atoms with Gasteiger partial charge in [0.05, 0.1) is 0 Å². The van der Waals surface area contributed by atoms with Crippen molar-refractivity contribution in [2.45, 2.75) is 32.4 Å². The highest BCUT2D eigenvalue weighted by Crippen LogP contribution is 2.37. The minimum absolute atomic E-state index is 0.0590. The Morgan fingerprint density at radius 3 is 2.81 bits per heavy atom. The molecule has 0 fully saturated rings. The average molecular weight is 220 g/mol. The number of benzene rings is 1. The molecule has 16 heavy (non-hydrogen) atoms. The lowest BCUT2D eigenvalue weighted by Gasteiger charge is -2.19. The third-order valence-electron chi connectivity index (χ3n) is 2.76. The van der Waals surface area contributed by atoms with E-state index < -0.39 is 0 Å². The normalized spacial score (nSPS) is 17.3. The van der Waals surface area contributed by atoms with Gasteiger partial charge >= 0.3 is 0 Å². The Morgan fingerprint density at radius 2 is 2.12 bits per heavy atom. The first kappa shape index (κ1) is 11.4. The molecule has 0 radical (unpaired) electrons. The topological polar surface area (TPSA) is 24.5 Å². The molecule has 88 valence electrons. The molecule has 0 aliphatic carbocycles. The van der Waals surface area contributed by atoms with Crippen LogP contribution in [0.25, 0.3) is 0 Å². The molecule has 0 saturated carbocycles. The van der Waals surface area contributed by atoms with E-state index in [0.29, 0.717) is 0 Å². The number of ether oxygens (including phenoxy) is 1. The lowest BCUT2D eigenvalue weighted by molar-refractivity contribution is 0.136. The van der Waals surface area contributed by atoms with Crippen molar-refractivity contribution in [3.63, 3.8) is 0 Å². The fourth-order valence-electron chi connectivity index (χ4n) is 2.06. The Balaban J connectivity index is 2.20. The first-order valence-corrected chi connectivity index (χ1v) is 5.68. The first-order valence-electron chi connectivity index (χ1n) is 5.68. The summed E-state index contributed by atoms with van der Waals surface area (Å²) in [7, 11) is 3.99. The summed E-state index contributed by atoms with van der Waals surface area (Å²) < 4.78 is 6.00. The minimum Gasteiger partial charge on any atom is -0.487 e. The molecule has 3 heteroatoms. The lowest BCUT2D eigenvalue weighted by atomic mass is 10.0. The SMILES string of the molecule is CN(C)NCc1cccc2c1OC(C)(C)C2. The van der Waals surface area contributed by atoms with E-state index >= 15 is 0 Å². The van der Waals surface area contributed by atoms with Gasteiger partial charge in [0, 0.05) is 32.6 Å². The molecule has 0 bridgehead atoms. The molecular formula is C13H20N2O. The summed E-state index contributed by atoms with van der Waals surface area (Å²) in [5, 5.41) is 1.96. The van der Waals surface area contributed by atoms with Crippen molar-refractivity contribution in [2.24, 2.45) is 0 Å². The van der Waals surface area contributed by atoms with Gasteiger partial charge in [0.25, 0.3) is 0 Å². The quantitative estimate of drug-likeness (QED) is 0.788. The molecule has 0 saturated heterocycles. The zero-order valence-corrected chi connectivity index (χ0v) is 10.5. The molecule has 0 amide bonds. The highest BCUT2D eigenvalue weighted by Gasteiger charge is 2.31. The van der Waals surface area contributed by atoms with Crippen LogP contribution in [0.4, 0.5) is 0 Å². The summed E-state index contributed by atoms with van der Waals surface area (Å²) in [6.07, 6.45) is 0.998. The van der Waals surface area contributed by atoms with Gasteiger partial charge in [0.15, 0.2) is 0 Å². The van der Waals surface area contributed by atoms with Crippen molar-refractivity contribution in [1.82, 2.24) is 10.4 Å². The van der Waals surface area contributed by atoms with Crippen molar-refractivity contribution in [3.8, 4) is 5.75 Å². The fraction of sp³-hybridized carbons (Fsp3) is 0.538. The van der Waals surface area contributed by atoms with Crippen LogP contribution in [0.3, 0.4) is 0 Å². The van der Waals surface area contributed by atoms with E-state index in [0.717, 1.165) is 18.7 Å². The summed E-state index contributed by atoms with van der Waals surface area (Å²) in [5.74, 6) is 1.07. The van der Waals surface area contributed by atoms with Crippen molar-refractivity contribution in [1.29, 1.82) is 0 Å². The van der Waals surface area contributed by atoms with Gasteiger partial charge in [-0.25, -0.2) is 0 Å². The van der Waals surface area contributed by atoms with Crippen LogP contribution < -0.4 is 10.2 Å². The predicted molar refractivity (Wildman–Crippen MR) is 65.4 cm³/mol. The minimum atomic E-state index is -0.0590. The number of hydrogen-bond acceptors (Lipinski definition) is 3. The first-order chi connectivity index (χ1) is 7.48. The van der Waals surface area contributed by atoms with Gasteiger partial charge in [0.2, 0.25) is 0 Å². The second kappa shape index (κ2) is 4.07. The molecule has 2 rings (SSSR count). The van der Waals surface area contributed by atoms with Gasteiger partial charge < -0.3 is 4.74 Å². The number of hydrogen-bond donors (Lipinski definition) is 1. The van der Waals surface area contributed by atoms with Crippen molar-refractivity contribution in [3.05, 3.63) is 29.3 Å². The Bertz CT molecular complexity index is 386. The second-order valence-electron chi connectivity index (χ2n) is 5.17. The standard InChI is InChI=1S/C13H20N2O/c1-13(2)8-10-6-5-7-11(12(10)16-13)9-14-15(3)4/h5-7,14H,8-9H2,1-4H3. The number of hydrazine groups is 1. The molecule has 0 aromatic heterocycles. The van der Waals surface area contributed by atoms with Crippen LogP contribution in [0.1, 0.15) is 25.0 Å². The molecular weight excluding hydrogens is 200 g/mol. The maximum absolute atomic E-state index is 6.00. The van der Waals surface area contributed by atoms with Gasteiger partial charge in [-0.2, -0.15) is 0 Å². The Kier molecular flexibility index (Phi) is 2.91. The summed E-state index contributed by atoms with van der Waals surface area (Å²) in [6, 6.07) is 6.39. The van der Waals surface area contributed by atoms with E-state index in [2.05, 4.69) is 37.5 Å². The van der Waals surface area contributed by atoms with Crippen LogP contribution in [-0.2, 0) is 13.0 Å². The fourth-order valence-corrected chi connectivity index (χ4v) is 2.06. The number of rotatable bonds is 3. The molecule has 0 spiro atoms. The van der Waals surface area contributed by atoms with Gasteiger partial charge in [0.1, 0.15) is 11.4 Å². The van der Waals surface area contributed by atoms with Crippen molar-refractivity contribution < 1.29 is 4.74 Å². The van der Waals surface area contributed by atoms with Crippen LogP contribution in [0.15, 0.2) is 18.2 Å². The molecule has 3 nitrogen and oxygen atoms in total. The zero-order valence-electron chi connectivity index (χ0n) is 10.5. The second-order valence-corrected chi connectivity index (χ2v) is 5.17. The highest BCUT2D eigenvalue weighted by atomic mass is 16.5. The largest absolute Gasteiger partial charge is 0.487 e. The van der Waals surface area contributed by atoms with Crippen LogP contribution in [0.5, 0.6) is 5.75 Å². The average Bonchev–Trinajstić information content (AvgIpc) is 2.48. The summed E-state index contributed by atoms with van der Waals surface area (Å²) >= 11 is 0. The van der Waals surface area contributed by atoms with Crippen LogP contribution in [-0.4, -0.2) is 24.7 Å². The van der Waals surface area contributed by atoms with Crippen LogP contribution >= 0.6 is 0 Å². The van der Waals surface area contributed by atoms with E-state index in [9.17, 15) is 0 Å². The smallest absolute Gasteiger partial charge is 0.128 e. The maximum Gasteiger partial charge on any atom is 0.128 e. The molecule has 1 aliphatic rings. The zero-order chi connectivity index (χ0) is 11.8. The van der Waals surface area contributed by atoms with E-state index in [1.807, 2.05) is 19.1 Å². The summed E-state index contributed by atoms with van der Waals surface area (Å²) in [4.78, 5) is 0. The van der Waals surface area contributed by atoms with Gasteiger partial charge in [-0.05, 0) is 19.4 Å².